The first-order valence-electron chi connectivity index (χ1n) is 10.8. The van der Waals surface area contributed by atoms with Gasteiger partial charge in [-0.1, -0.05) is 30.4 Å². The number of ketones is 1. The van der Waals surface area contributed by atoms with Crippen molar-refractivity contribution in [1.29, 1.82) is 0 Å². The maximum absolute atomic E-state index is 12.8. The zero-order chi connectivity index (χ0) is 22.3. The molecule has 1 aliphatic rings. The Morgan fingerprint density at radius 3 is 2.69 bits per heavy atom. The Kier molecular flexibility index (Phi) is 5.31. The maximum Gasteiger partial charge on any atom is 0.251 e. The molecular formula is C25H25N3O3S. The van der Waals surface area contributed by atoms with Crippen molar-refractivity contribution in [3.63, 3.8) is 0 Å². The highest BCUT2D eigenvalue weighted by molar-refractivity contribution is 7.23. The van der Waals surface area contributed by atoms with E-state index in [1.807, 2.05) is 36.5 Å². The van der Waals surface area contributed by atoms with Crippen LogP contribution in [-0.4, -0.2) is 41.3 Å². The van der Waals surface area contributed by atoms with Crippen LogP contribution in [0.3, 0.4) is 0 Å². The summed E-state index contributed by atoms with van der Waals surface area (Å²) in [6, 6.07) is 13.3. The molecule has 32 heavy (non-hydrogen) atoms. The molecule has 5 rings (SSSR count). The van der Waals surface area contributed by atoms with E-state index in [-0.39, 0.29) is 17.1 Å². The molecule has 4 aromatic rings. The van der Waals surface area contributed by atoms with Gasteiger partial charge in [0.05, 0.1) is 22.5 Å². The fourth-order valence-corrected chi connectivity index (χ4v) is 5.26. The number of rotatable bonds is 6. The first-order valence-corrected chi connectivity index (χ1v) is 11.6. The minimum absolute atomic E-state index is 0.107. The molecule has 2 aromatic carbocycles. The van der Waals surface area contributed by atoms with Crippen molar-refractivity contribution >= 4 is 38.2 Å². The third-order valence-corrected chi connectivity index (χ3v) is 7.36. The van der Waals surface area contributed by atoms with Crippen LogP contribution in [0.2, 0.25) is 0 Å². The summed E-state index contributed by atoms with van der Waals surface area (Å²) in [7, 11) is 1.62. The van der Waals surface area contributed by atoms with Crippen molar-refractivity contribution in [3.05, 3.63) is 59.8 Å². The number of carbonyl (C=O) groups excluding carboxylic acids is 2. The molecule has 0 spiro atoms. The van der Waals surface area contributed by atoms with Crippen molar-refractivity contribution in [2.24, 2.45) is 5.41 Å². The van der Waals surface area contributed by atoms with Gasteiger partial charge in [-0.2, -0.15) is 0 Å². The number of hydrogen-bond donors (Lipinski definition) is 1. The van der Waals surface area contributed by atoms with Gasteiger partial charge in [0.1, 0.15) is 0 Å². The second kappa shape index (κ2) is 8.15. The lowest BCUT2D eigenvalue weighted by atomic mass is 9.83. The highest BCUT2D eigenvalue weighted by Crippen LogP contribution is 2.34. The topological polar surface area (TPSA) is 72.7 Å². The number of carbonyl (C=O) groups is 2. The molecule has 1 aliphatic heterocycles. The highest BCUT2D eigenvalue weighted by atomic mass is 32.1. The van der Waals surface area contributed by atoms with Crippen molar-refractivity contribution in [1.82, 2.24) is 14.7 Å². The van der Waals surface area contributed by atoms with E-state index in [1.165, 1.54) is 0 Å². The van der Waals surface area contributed by atoms with Crippen LogP contribution >= 0.6 is 11.3 Å². The Bertz CT molecular complexity index is 1310. The molecule has 0 radical (unpaired) electrons. The predicted octanol–water partition coefficient (Wildman–Crippen LogP) is 4.97. The number of fused-ring (bicyclic) bond motifs is 3. The molecule has 2 aromatic heterocycles. The Morgan fingerprint density at radius 1 is 1.19 bits per heavy atom. The third-order valence-electron chi connectivity index (χ3n) is 6.34. The predicted molar refractivity (Wildman–Crippen MR) is 127 cm³/mol. The van der Waals surface area contributed by atoms with Gasteiger partial charge in [-0.15, -0.1) is 0 Å². The Labute approximate surface area is 190 Å². The number of hydrogen-bond acceptors (Lipinski definition) is 5. The second-order valence-corrected chi connectivity index (χ2v) is 9.77. The van der Waals surface area contributed by atoms with Gasteiger partial charge in [-0.3, -0.25) is 14.0 Å². The third kappa shape index (κ3) is 3.82. The molecule has 1 saturated heterocycles. The van der Waals surface area contributed by atoms with E-state index in [0.717, 1.165) is 58.1 Å². The van der Waals surface area contributed by atoms with Gasteiger partial charge in [-0.25, -0.2) is 4.98 Å². The Hall–Kier alpha value is -3.03. The second-order valence-electron chi connectivity index (χ2n) is 8.76. The first-order chi connectivity index (χ1) is 15.5. The summed E-state index contributed by atoms with van der Waals surface area (Å²) in [5, 5.41) is 2.63. The van der Waals surface area contributed by atoms with Crippen molar-refractivity contribution < 1.29 is 14.3 Å². The summed E-state index contributed by atoms with van der Waals surface area (Å²) in [6.45, 7) is 3.75. The molecule has 1 N–H and O–H groups in total. The van der Waals surface area contributed by atoms with Gasteiger partial charge in [0.25, 0.3) is 5.91 Å². The molecule has 0 aliphatic carbocycles. The monoisotopic (exact) mass is 447 g/mol. The standard InChI is InChI=1S/C25H25N3O3S/c1-25(11-12-31-15-25)10-9-21(29)18-7-8-20-22(13-18)32-24-27-19(14-28(20)24)16-3-5-17(6-4-16)23(30)26-2/h3-8,13-14H,9-12,15H2,1-2H3,(H,26,30). The summed E-state index contributed by atoms with van der Waals surface area (Å²) >= 11 is 1.58. The van der Waals surface area contributed by atoms with Crippen LogP contribution in [0.5, 0.6) is 0 Å². The number of nitrogens with one attached hydrogen (secondary N) is 1. The summed E-state index contributed by atoms with van der Waals surface area (Å²) in [5.41, 5.74) is 4.35. The van der Waals surface area contributed by atoms with Gasteiger partial charge in [-0.05, 0) is 48.6 Å². The van der Waals surface area contributed by atoms with Gasteiger partial charge in [0, 0.05) is 43.0 Å². The summed E-state index contributed by atoms with van der Waals surface area (Å²) in [4.78, 5) is 30.2. The molecule has 7 heteroatoms. The van der Waals surface area contributed by atoms with Crippen LogP contribution in [0, 0.1) is 5.41 Å². The fraction of sp³-hybridized carbons (Fsp3) is 0.320. The van der Waals surface area contributed by atoms with Crippen LogP contribution in [0.4, 0.5) is 0 Å². The Morgan fingerprint density at radius 2 is 1.97 bits per heavy atom. The zero-order valence-electron chi connectivity index (χ0n) is 18.2. The summed E-state index contributed by atoms with van der Waals surface area (Å²) < 4.78 is 8.62. The number of amides is 1. The quantitative estimate of drug-likeness (QED) is 0.424. The lowest BCUT2D eigenvalue weighted by Gasteiger charge is -2.20. The van der Waals surface area contributed by atoms with Crippen LogP contribution < -0.4 is 5.32 Å². The minimum atomic E-state index is -0.107. The average molecular weight is 448 g/mol. The van der Waals surface area contributed by atoms with Crippen LogP contribution in [0.25, 0.3) is 26.4 Å². The molecule has 0 saturated carbocycles. The number of benzene rings is 2. The SMILES string of the molecule is CNC(=O)c1ccc(-c2cn3c(n2)sc2cc(C(=O)CCC4(C)CCOC4)ccc23)cc1. The van der Waals surface area contributed by atoms with Gasteiger partial charge in [0.15, 0.2) is 10.7 Å². The van der Waals surface area contributed by atoms with Crippen LogP contribution in [-0.2, 0) is 4.74 Å². The zero-order valence-corrected chi connectivity index (χ0v) is 19.0. The molecule has 6 nitrogen and oxygen atoms in total. The van der Waals surface area contributed by atoms with Gasteiger partial charge < -0.3 is 10.1 Å². The number of thiazole rings is 1. The first kappa shape index (κ1) is 20.8. The van der Waals surface area contributed by atoms with E-state index in [9.17, 15) is 9.59 Å². The highest BCUT2D eigenvalue weighted by Gasteiger charge is 2.30. The molecule has 1 unspecified atom stereocenters. The number of imidazole rings is 1. The summed E-state index contributed by atoms with van der Waals surface area (Å²) in [5.74, 6) is 0.0763. The molecule has 1 amide bonds. The van der Waals surface area contributed by atoms with Crippen molar-refractivity contribution in [2.45, 2.75) is 26.2 Å². The number of aromatic nitrogens is 2. The lowest BCUT2D eigenvalue weighted by molar-refractivity contribution is 0.0946. The van der Waals surface area contributed by atoms with E-state index in [4.69, 9.17) is 9.72 Å². The van der Waals surface area contributed by atoms with E-state index < -0.39 is 0 Å². The Balaban J connectivity index is 1.37. The molecular weight excluding hydrogens is 422 g/mol. The van der Waals surface area contributed by atoms with Gasteiger partial charge >= 0.3 is 0 Å². The van der Waals surface area contributed by atoms with Crippen LogP contribution in [0.15, 0.2) is 48.7 Å². The number of nitrogens with zero attached hydrogens (tertiary/aromatic N) is 2. The van der Waals surface area contributed by atoms with E-state index in [2.05, 4.69) is 16.6 Å². The van der Waals surface area contributed by atoms with Gasteiger partial charge in [0.2, 0.25) is 0 Å². The van der Waals surface area contributed by atoms with Crippen molar-refractivity contribution in [2.75, 3.05) is 20.3 Å². The molecule has 164 valence electrons. The lowest BCUT2D eigenvalue weighted by Crippen LogP contribution is -2.17. The molecule has 0 bridgehead atoms. The van der Waals surface area contributed by atoms with E-state index in [0.29, 0.717) is 12.0 Å². The number of Topliss-reactive ketones (excluding diaryl/α,β-unsaturated/α-hetero) is 1. The molecule has 1 atom stereocenters. The minimum Gasteiger partial charge on any atom is -0.381 e. The summed E-state index contributed by atoms with van der Waals surface area (Å²) in [6.07, 6.45) is 4.44. The smallest absolute Gasteiger partial charge is 0.251 e. The normalized spacial score (nSPS) is 18.4. The van der Waals surface area contributed by atoms with Crippen LogP contribution in [0.1, 0.15) is 46.9 Å². The van der Waals surface area contributed by atoms with Crippen molar-refractivity contribution in [3.8, 4) is 11.3 Å². The largest absolute Gasteiger partial charge is 0.381 e. The fourth-order valence-electron chi connectivity index (χ4n) is 4.22. The number of ether oxygens (including phenoxy) is 1. The maximum atomic E-state index is 12.8. The molecule has 1 fully saturated rings. The average Bonchev–Trinajstić information content (AvgIpc) is 3.51. The van der Waals surface area contributed by atoms with E-state index in [1.54, 1.807) is 30.5 Å². The van der Waals surface area contributed by atoms with E-state index >= 15 is 0 Å². The molecule has 3 heterocycles.